The highest BCUT2D eigenvalue weighted by molar-refractivity contribution is 6.11. The van der Waals surface area contributed by atoms with Gasteiger partial charge in [-0.25, -0.2) is 0 Å². The third-order valence-corrected chi connectivity index (χ3v) is 4.27. The van der Waals surface area contributed by atoms with E-state index in [4.69, 9.17) is 5.11 Å². The predicted molar refractivity (Wildman–Crippen MR) is 75.9 cm³/mol. The van der Waals surface area contributed by atoms with Crippen molar-refractivity contribution in [1.29, 1.82) is 5.26 Å². The Labute approximate surface area is 124 Å². The fraction of sp³-hybridized carbons (Fsp3) is 0.667. The average Bonchev–Trinajstić information content (AvgIpc) is 2.50. The summed E-state index contributed by atoms with van der Waals surface area (Å²) in [4.78, 5) is 27.8. The molecule has 0 radical (unpaired) electrons. The van der Waals surface area contributed by atoms with Gasteiger partial charge in [-0.2, -0.15) is 5.26 Å². The molecule has 114 valence electrons. The minimum atomic E-state index is -0.580. The molecule has 0 aromatic rings. The molecule has 0 unspecified atom stereocenters. The number of aliphatic hydroxyl groups excluding tert-OH is 1. The van der Waals surface area contributed by atoms with Crippen molar-refractivity contribution in [2.24, 2.45) is 5.92 Å². The van der Waals surface area contributed by atoms with E-state index < -0.39 is 11.8 Å². The van der Waals surface area contributed by atoms with Crippen molar-refractivity contribution >= 4 is 11.8 Å². The maximum Gasteiger partial charge on any atom is 0.271 e. The normalized spacial score (nSPS) is 24.4. The number of β-amino-alcohol motifs (C(OH)–C–C–N with tert-alkyl or cyclic N) is 1. The molecule has 0 aromatic heterocycles. The lowest BCUT2D eigenvalue weighted by Gasteiger charge is -2.35. The van der Waals surface area contributed by atoms with Crippen molar-refractivity contribution in [3.05, 3.63) is 11.1 Å². The second-order valence-corrected chi connectivity index (χ2v) is 5.60. The van der Waals surface area contributed by atoms with Crippen LogP contribution in [0.5, 0.6) is 0 Å². The van der Waals surface area contributed by atoms with E-state index in [-0.39, 0.29) is 24.6 Å². The van der Waals surface area contributed by atoms with Crippen LogP contribution in [0.1, 0.15) is 26.2 Å². The van der Waals surface area contributed by atoms with E-state index in [2.05, 4.69) is 4.90 Å². The van der Waals surface area contributed by atoms with Crippen molar-refractivity contribution < 1.29 is 14.7 Å². The molecule has 21 heavy (non-hydrogen) atoms. The number of hydrogen-bond acceptors (Lipinski definition) is 5. The van der Waals surface area contributed by atoms with Gasteiger partial charge in [-0.1, -0.05) is 6.42 Å². The van der Waals surface area contributed by atoms with E-state index >= 15 is 0 Å². The molecule has 2 heterocycles. The lowest BCUT2D eigenvalue weighted by molar-refractivity contribution is -0.146. The number of nitrogens with zero attached hydrogens (tertiary/aromatic N) is 3. The fourth-order valence-electron chi connectivity index (χ4n) is 3.01. The Morgan fingerprint density at radius 1 is 1.29 bits per heavy atom. The molecule has 0 saturated carbocycles. The van der Waals surface area contributed by atoms with Gasteiger partial charge in [-0.05, 0) is 38.4 Å². The maximum atomic E-state index is 12.5. The van der Waals surface area contributed by atoms with Crippen LogP contribution in [0.4, 0.5) is 0 Å². The van der Waals surface area contributed by atoms with Crippen molar-refractivity contribution in [1.82, 2.24) is 9.80 Å². The summed E-state index contributed by atoms with van der Waals surface area (Å²) < 4.78 is 0. The van der Waals surface area contributed by atoms with Gasteiger partial charge in [0.1, 0.15) is 11.6 Å². The monoisotopic (exact) mass is 291 g/mol. The van der Waals surface area contributed by atoms with Gasteiger partial charge in [0.25, 0.3) is 5.91 Å². The van der Waals surface area contributed by atoms with E-state index in [0.29, 0.717) is 12.1 Å². The summed E-state index contributed by atoms with van der Waals surface area (Å²) in [6.45, 7) is 3.81. The zero-order chi connectivity index (χ0) is 15.4. The molecular weight excluding hydrogens is 270 g/mol. The number of amides is 2. The molecule has 1 N–H and O–H groups in total. The van der Waals surface area contributed by atoms with Crippen LogP contribution in [-0.4, -0.2) is 59.5 Å². The van der Waals surface area contributed by atoms with Crippen molar-refractivity contribution in [3.8, 4) is 6.07 Å². The molecule has 0 bridgehead atoms. The van der Waals surface area contributed by atoms with Gasteiger partial charge in [0, 0.05) is 6.54 Å². The van der Waals surface area contributed by atoms with Gasteiger partial charge >= 0.3 is 0 Å². The number of aliphatic hydroxyl groups is 1. The number of hydrogen-bond donors (Lipinski definition) is 1. The van der Waals surface area contributed by atoms with Crippen LogP contribution in [0, 0.1) is 17.2 Å². The van der Waals surface area contributed by atoms with E-state index in [0.717, 1.165) is 30.8 Å². The quantitative estimate of drug-likeness (QED) is 0.753. The topological polar surface area (TPSA) is 84.6 Å². The average molecular weight is 291 g/mol. The lowest BCUT2D eigenvalue weighted by atomic mass is 9.89. The molecule has 6 nitrogen and oxygen atoms in total. The standard InChI is InChI=1S/C15H21N3O3/c1-11-12(9-16)14(20)18(7-8-19)15(21)13(11)10-17-5-3-2-4-6-17/h13,19H,2-8,10H2,1H3/t13-/m0/s1. The Balaban J connectivity index is 2.24. The lowest BCUT2D eigenvalue weighted by Crippen LogP contribution is -2.50. The van der Waals surface area contributed by atoms with Crippen molar-refractivity contribution in [2.45, 2.75) is 26.2 Å². The summed E-state index contributed by atoms with van der Waals surface area (Å²) in [5.74, 6) is -1.33. The van der Waals surface area contributed by atoms with Gasteiger partial charge in [0.05, 0.1) is 19.1 Å². The van der Waals surface area contributed by atoms with Gasteiger partial charge < -0.3 is 10.0 Å². The maximum absolute atomic E-state index is 12.5. The first-order chi connectivity index (χ1) is 10.1. The first-order valence-corrected chi connectivity index (χ1v) is 7.40. The highest BCUT2D eigenvalue weighted by Crippen LogP contribution is 2.27. The fourth-order valence-corrected chi connectivity index (χ4v) is 3.01. The zero-order valence-corrected chi connectivity index (χ0v) is 12.3. The van der Waals surface area contributed by atoms with Gasteiger partial charge in [0.2, 0.25) is 5.91 Å². The van der Waals surface area contributed by atoms with Crippen LogP contribution in [-0.2, 0) is 9.59 Å². The summed E-state index contributed by atoms with van der Waals surface area (Å²) in [6, 6.07) is 1.92. The number of imide groups is 1. The number of piperidine rings is 1. The summed E-state index contributed by atoms with van der Waals surface area (Å²) in [5, 5.41) is 18.2. The number of rotatable bonds is 4. The Morgan fingerprint density at radius 2 is 1.95 bits per heavy atom. The van der Waals surface area contributed by atoms with Crippen LogP contribution in [0.25, 0.3) is 0 Å². The summed E-state index contributed by atoms with van der Waals surface area (Å²) in [7, 11) is 0. The minimum Gasteiger partial charge on any atom is -0.395 e. The Morgan fingerprint density at radius 3 is 2.52 bits per heavy atom. The summed E-state index contributed by atoms with van der Waals surface area (Å²) in [5.41, 5.74) is 0.609. The molecule has 6 heteroatoms. The van der Waals surface area contributed by atoms with Crippen LogP contribution < -0.4 is 0 Å². The highest BCUT2D eigenvalue weighted by atomic mass is 16.3. The second kappa shape index (κ2) is 6.83. The predicted octanol–water partition coefficient (Wildman–Crippen LogP) is 0.290. The van der Waals surface area contributed by atoms with E-state index in [1.807, 2.05) is 6.07 Å². The second-order valence-electron chi connectivity index (χ2n) is 5.60. The number of nitriles is 1. The largest absolute Gasteiger partial charge is 0.395 e. The molecule has 0 aliphatic carbocycles. The van der Waals surface area contributed by atoms with Crippen LogP contribution in [0.15, 0.2) is 11.1 Å². The molecule has 0 aromatic carbocycles. The number of carbonyl (C=O) groups is 2. The van der Waals surface area contributed by atoms with Crippen molar-refractivity contribution in [3.63, 3.8) is 0 Å². The van der Waals surface area contributed by atoms with E-state index in [9.17, 15) is 14.9 Å². The molecule has 2 rings (SSSR count). The Kier molecular flexibility index (Phi) is 5.10. The first-order valence-electron chi connectivity index (χ1n) is 7.40. The molecule has 2 aliphatic rings. The van der Waals surface area contributed by atoms with Crippen LogP contribution >= 0.6 is 0 Å². The Hall–Kier alpha value is -1.71. The summed E-state index contributed by atoms with van der Waals surface area (Å²) >= 11 is 0. The SMILES string of the molecule is CC1=C(C#N)C(=O)N(CCO)C(=O)[C@H]1CN1CCCCC1. The molecular formula is C15H21N3O3. The third kappa shape index (κ3) is 3.14. The van der Waals surface area contributed by atoms with Gasteiger partial charge in [-0.3, -0.25) is 14.5 Å². The smallest absolute Gasteiger partial charge is 0.271 e. The molecule has 1 saturated heterocycles. The third-order valence-electron chi connectivity index (χ3n) is 4.27. The summed E-state index contributed by atoms with van der Waals surface area (Å²) in [6.07, 6.45) is 3.45. The van der Waals surface area contributed by atoms with Crippen molar-refractivity contribution in [2.75, 3.05) is 32.8 Å². The van der Waals surface area contributed by atoms with Gasteiger partial charge in [0.15, 0.2) is 0 Å². The Bertz CT molecular complexity index is 501. The molecule has 2 aliphatic heterocycles. The van der Waals surface area contributed by atoms with Gasteiger partial charge in [-0.15, -0.1) is 0 Å². The van der Waals surface area contributed by atoms with Crippen LogP contribution in [0.2, 0.25) is 0 Å². The zero-order valence-electron chi connectivity index (χ0n) is 12.3. The van der Waals surface area contributed by atoms with E-state index in [1.165, 1.54) is 6.42 Å². The number of likely N-dealkylation sites (tertiary alicyclic amines) is 1. The first kappa shape index (κ1) is 15.7. The molecule has 1 fully saturated rings. The molecule has 1 atom stereocenters. The van der Waals surface area contributed by atoms with Crippen LogP contribution in [0.3, 0.4) is 0 Å². The molecule has 0 spiro atoms. The minimum absolute atomic E-state index is 0.0464. The highest BCUT2D eigenvalue weighted by Gasteiger charge is 2.39. The number of carbonyl (C=O) groups excluding carboxylic acids is 2. The van der Waals surface area contributed by atoms with E-state index in [1.54, 1.807) is 6.92 Å². The molecule has 2 amide bonds.